The first kappa shape index (κ1) is 21.6. The minimum atomic E-state index is -3.50. The number of hydrogen-bond acceptors (Lipinski definition) is 3. The van der Waals surface area contributed by atoms with Crippen molar-refractivity contribution in [3.8, 4) is 11.1 Å². The molecule has 0 aromatic heterocycles. The number of aliphatic hydroxyl groups excluding tert-OH is 1. The molecule has 4 nitrogen and oxygen atoms in total. The summed E-state index contributed by atoms with van der Waals surface area (Å²) in [7, 11) is -3.50. The molecule has 5 heteroatoms. The predicted molar refractivity (Wildman–Crippen MR) is 111 cm³/mol. The van der Waals surface area contributed by atoms with Gasteiger partial charge in [-0.1, -0.05) is 62.2 Å². The number of nitrogens with zero attached hydrogens (tertiary/aromatic N) is 1. The van der Waals surface area contributed by atoms with E-state index < -0.39 is 10.0 Å². The number of unbranched alkanes of at least 4 members (excludes halogenated alkanes) is 4. The highest BCUT2D eigenvalue weighted by Gasteiger charge is 2.23. The number of aliphatic hydroxyl groups is 1. The predicted octanol–water partition coefficient (Wildman–Crippen LogP) is 4.70. The van der Waals surface area contributed by atoms with Crippen molar-refractivity contribution < 1.29 is 13.5 Å². The largest absolute Gasteiger partial charge is 0.396 e. The van der Waals surface area contributed by atoms with Crippen LogP contribution in [0.15, 0.2) is 59.5 Å². The first-order valence-electron chi connectivity index (χ1n) is 9.86. The van der Waals surface area contributed by atoms with Crippen LogP contribution >= 0.6 is 0 Å². The maximum atomic E-state index is 13.1. The van der Waals surface area contributed by atoms with Gasteiger partial charge in [-0.05, 0) is 48.9 Å². The van der Waals surface area contributed by atoms with Gasteiger partial charge in [-0.25, -0.2) is 8.42 Å². The van der Waals surface area contributed by atoms with Gasteiger partial charge in [-0.3, -0.25) is 0 Å². The molecule has 1 N–H and O–H groups in total. The molecule has 0 aliphatic rings. The number of sulfonamides is 1. The Bertz CT molecular complexity index is 758. The van der Waals surface area contributed by atoms with Crippen molar-refractivity contribution >= 4 is 10.0 Å². The third-order valence-corrected chi connectivity index (χ3v) is 6.59. The second-order valence-corrected chi connectivity index (χ2v) is 8.72. The molecule has 2 aromatic rings. The number of hydrogen-bond donors (Lipinski definition) is 1. The van der Waals surface area contributed by atoms with Gasteiger partial charge in [-0.15, -0.1) is 0 Å². The molecule has 2 aromatic carbocycles. The summed E-state index contributed by atoms with van der Waals surface area (Å²) in [5.74, 6) is 0. The summed E-state index contributed by atoms with van der Waals surface area (Å²) >= 11 is 0. The minimum absolute atomic E-state index is 0.156. The van der Waals surface area contributed by atoms with E-state index in [2.05, 4.69) is 6.92 Å². The Morgan fingerprint density at radius 2 is 1.37 bits per heavy atom. The van der Waals surface area contributed by atoms with Gasteiger partial charge in [-0.2, -0.15) is 4.31 Å². The van der Waals surface area contributed by atoms with Crippen LogP contribution in [0.1, 0.15) is 45.4 Å². The van der Waals surface area contributed by atoms with Crippen LogP contribution in [0, 0.1) is 0 Å². The molecule has 0 saturated heterocycles. The van der Waals surface area contributed by atoms with Crippen molar-refractivity contribution in [1.82, 2.24) is 4.31 Å². The minimum Gasteiger partial charge on any atom is -0.396 e. The third-order valence-electron chi connectivity index (χ3n) is 4.68. The van der Waals surface area contributed by atoms with Crippen LogP contribution in [0.25, 0.3) is 11.1 Å². The van der Waals surface area contributed by atoms with Gasteiger partial charge in [0.2, 0.25) is 10.0 Å². The Labute approximate surface area is 163 Å². The summed E-state index contributed by atoms with van der Waals surface area (Å²) in [5.41, 5.74) is 2.08. The van der Waals surface area contributed by atoms with Gasteiger partial charge in [0.15, 0.2) is 0 Å². The van der Waals surface area contributed by atoms with Crippen LogP contribution in [0.2, 0.25) is 0 Å². The van der Waals surface area contributed by atoms with Gasteiger partial charge in [0, 0.05) is 19.7 Å². The van der Waals surface area contributed by atoms with Crippen molar-refractivity contribution in [2.45, 2.75) is 50.3 Å². The molecule has 0 bridgehead atoms. The zero-order chi connectivity index (χ0) is 19.5. The lowest BCUT2D eigenvalue weighted by Crippen LogP contribution is -2.33. The van der Waals surface area contributed by atoms with Crippen molar-refractivity contribution in [3.63, 3.8) is 0 Å². The zero-order valence-corrected chi connectivity index (χ0v) is 17.0. The van der Waals surface area contributed by atoms with Crippen LogP contribution in [0.5, 0.6) is 0 Å². The summed E-state index contributed by atoms with van der Waals surface area (Å²) in [6, 6.07) is 17.1. The van der Waals surface area contributed by atoms with E-state index in [0.717, 1.165) is 43.2 Å². The van der Waals surface area contributed by atoms with Crippen molar-refractivity contribution in [3.05, 3.63) is 54.6 Å². The molecule has 0 radical (unpaired) electrons. The lowest BCUT2D eigenvalue weighted by molar-refractivity contribution is 0.279. The Balaban J connectivity index is 2.14. The fourth-order valence-electron chi connectivity index (χ4n) is 3.07. The molecular weight excluding hydrogens is 358 g/mol. The molecule has 0 atom stereocenters. The monoisotopic (exact) mass is 389 g/mol. The standard InChI is InChI=1S/C22H31NO3S/c1-2-3-8-17-23(18-9-5-10-19-24)27(25,26)22-15-13-21(14-16-22)20-11-6-4-7-12-20/h4,6-7,11-16,24H,2-3,5,8-10,17-19H2,1H3. The topological polar surface area (TPSA) is 57.6 Å². The average molecular weight is 390 g/mol. The van der Waals surface area contributed by atoms with Gasteiger partial charge in [0.25, 0.3) is 0 Å². The molecule has 0 fully saturated rings. The Kier molecular flexibility index (Phi) is 8.98. The summed E-state index contributed by atoms with van der Waals surface area (Å²) in [6.07, 6.45) is 5.28. The third kappa shape index (κ3) is 6.45. The molecule has 27 heavy (non-hydrogen) atoms. The van der Waals surface area contributed by atoms with E-state index in [-0.39, 0.29) is 6.61 Å². The van der Waals surface area contributed by atoms with Gasteiger partial charge in [0.05, 0.1) is 4.90 Å². The maximum absolute atomic E-state index is 13.1. The van der Waals surface area contributed by atoms with E-state index in [9.17, 15) is 8.42 Å². The summed E-state index contributed by atoms with van der Waals surface area (Å²) in [5, 5.41) is 8.93. The van der Waals surface area contributed by atoms with Crippen LogP contribution in [-0.2, 0) is 10.0 Å². The molecule has 0 aliphatic heterocycles. The average Bonchev–Trinajstić information content (AvgIpc) is 2.70. The summed E-state index contributed by atoms with van der Waals surface area (Å²) in [4.78, 5) is 0.348. The number of rotatable bonds is 12. The molecule has 0 saturated carbocycles. The van der Waals surface area contributed by atoms with E-state index in [4.69, 9.17) is 5.11 Å². The fraction of sp³-hybridized carbons (Fsp3) is 0.455. The second-order valence-electron chi connectivity index (χ2n) is 6.79. The fourth-order valence-corrected chi connectivity index (χ4v) is 4.58. The van der Waals surface area contributed by atoms with Gasteiger partial charge >= 0.3 is 0 Å². The highest BCUT2D eigenvalue weighted by Crippen LogP contribution is 2.23. The van der Waals surface area contributed by atoms with Crippen molar-refractivity contribution in [1.29, 1.82) is 0 Å². The first-order valence-corrected chi connectivity index (χ1v) is 11.3. The summed E-state index contributed by atoms with van der Waals surface area (Å²) in [6.45, 7) is 3.33. The molecule has 148 valence electrons. The quantitative estimate of drug-likeness (QED) is 0.536. The van der Waals surface area contributed by atoms with Crippen molar-refractivity contribution in [2.75, 3.05) is 19.7 Å². The highest BCUT2D eigenvalue weighted by molar-refractivity contribution is 7.89. The van der Waals surface area contributed by atoms with Crippen LogP contribution < -0.4 is 0 Å². The lowest BCUT2D eigenvalue weighted by Gasteiger charge is -2.22. The Hall–Kier alpha value is -1.69. The summed E-state index contributed by atoms with van der Waals surface area (Å²) < 4.78 is 27.8. The van der Waals surface area contributed by atoms with Crippen LogP contribution in [0.4, 0.5) is 0 Å². The molecule has 0 aliphatic carbocycles. The molecule has 0 amide bonds. The van der Waals surface area contributed by atoms with Crippen LogP contribution in [0.3, 0.4) is 0 Å². The normalized spacial score (nSPS) is 11.8. The molecule has 0 spiro atoms. The second kappa shape index (κ2) is 11.2. The van der Waals surface area contributed by atoms with E-state index in [1.54, 1.807) is 16.4 Å². The molecular formula is C22H31NO3S. The maximum Gasteiger partial charge on any atom is 0.243 e. The first-order chi connectivity index (χ1) is 13.1. The van der Waals surface area contributed by atoms with Crippen molar-refractivity contribution in [2.24, 2.45) is 0 Å². The molecule has 0 unspecified atom stereocenters. The highest BCUT2D eigenvalue weighted by atomic mass is 32.2. The van der Waals surface area contributed by atoms with E-state index in [1.807, 2.05) is 42.5 Å². The number of benzene rings is 2. The molecule has 2 rings (SSSR count). The molecule has 0 heterocycles. The van der Waals surface area contributed by atoms with E-state index in [1.165, 1.54) is 0 Å². The van der Waals surface area contributed by atoms with E-state index in [0.29, 0.717) is 24.4 Å². The smallest absolute Gasteiger partial charge is 0.243 e. The lowest BCUT2D eigenvalue weighted by atomic mass is 10.1. The van der Waals surface area contributed by atoms with Gasteiger partial charge in [0.1, 0.15) is 0 Å². The SMILES string of the molecule is CCCCCN(CCCCCO)S(=O)(=O)c1ccc(-c2ccccc2)cc1. The Morgan fingerprint density at radius 3 is 1.96 bits per heavy atom. The van der Waals surface area contributed by atoms with E-state index >= 15 is 0 Å². The van der Waals surface area contributed by atoms with Gasteiger partial charge < -0.3 is 5.11 Å². The zero-order valence-electron chi connectivity index (χ0n) is 16.2. The Morgan fingerprint density at radius 1 is 0.778 bits per heavy atom. The van der Waals surface area contributed by atoms with Crippen LogP contribution in [-0.4, -0.2) is 37.5 Å².